The molecule has 1 aromatic heterocycles. The highest BCUT2D eigenvalue weighted by molar-refractivity contribution is 5.89. The van der Waals surface area contributed by atoms with Gasteiger partial charge in [0.2, 0.25) is 0 Å². The molecule has 2 rings (SSSR count). The van der Waals surface area contributed by atoms with Crippen molar-refractivity contribution >= 4 is 5.97 Å². The fourth-order valence-electron chi connectivity index (χ4n) is 1.82. The number of benzene rings is 1. The van der Waals surface area contributed by atoms with Crippen molar-refractivity contribution in [2.24, 2.45) is 0 Å². The van der Waals surface area contributed by atoms with E-state index in [-0.39, 0.29) is 5.97 Å². The van der Waals surface area contributed by atoms with Crippen LogP contribution in [0.4, 0.5) is 0 Å². The minimum Gasteiger partial charge on any atom is -0.464 e. The Morgan fingerprint density at radius 2 is 1.89 bits per heavy atom. The Bertz CT molecular complexity index is 531. The molecule has 0 aliphatic carbocycles. The van der Waals surface area contributed by atoms with E-state index in [9.17, 15) is 4.79 Å². The molecule has 1 heterocycles. The van der Waals surface area contributed by atoms with Crippen LogP contribution in [0, 0.1) is 0 Å². The van der Waals surface area contributed by atoms with E-state index >= 15 is 0 Å². The van der Waals surface area contributed by atoms with E-state index in [1.54, 1.807) is 17.7 Å². The zero-order valence-corrected chi connectivity index (χ0v) is 10.4. The van der Waals surface area contributed by atoms with Crippen molar-refractivity contribution in [3.63, 3.8) is 0 Å². The van der Waals surface area contributed by atoms with Crippen molar-refractivity contribution in [3.05, 3.63) is 48.3 Å². The standard InChI is InChI=1S/C14H15NO3/c1-17-10-15-9-12(8-13(15)14(16)18-2)11-6-4-3-5-7-11/h3-9H,10H2,1-2H3. The second-order valence-electron chi connectivity index (χ2n) is 3.86. The van der Waals surface area contributed by atoms with Gasteiger partial charge in [0, 0.05) is 18.9 Å². The number of hydrogen-bond donors (Lipinski definition) is 0. The van der Waals surface area contributed by atoms with Crippen molar-refractivity contribution in [3.8, 4) is 11.1 Å². The molecule has 0 bridgehead atoms. The third-order valence-corrected chi connectivity index (χ3v) is 2.67. The highest BCUT2D eigenvalue weighted by Gasteiger charge is 2.14. The van der Waals surface area contributed by atoms with Crippen LogP contribution >= 0.6 is 0 Å². The third kappa shape index (κ3) is 2.43. The van der Waals surface area contributed by atoms with E-state index in [2.05, 4.69) is 0 Å². The second-order valence-corrected chi connectivity index (χ2v) is 3.86. The maximum atomic E-state index is 11.7. The maximum absolute atomic E-state index is 11.7. The van der Waals surface area contributed by atoms with Gasteiger partial charge >= 0.3 is 5.97 Å². The number of hydrogen-bond acceptors (Lipinski definition) is 3. The van der Waals surface area contributed by atoms with Gasteiger partial charge in [-0.15, -0.1) is 0 Å². The average molecular weight is 245 g/mol. The lowest BCUT2D eigenvalue weighted by atomic mass is 10.1. The molecule has 0 saturated heterocycles. The van der Waals surface area contributed by atoms with Gasteiger partial charge in [0.15, 0.2) is 0 Å². The first-order valence-electron chi connectivity index (χ1n) is 5.59. The van der Waals surface area contributed by atoms with E-state index in [0.717, 1.165) is 11.1 Å². The molecule has 94 valence electrons. The first-order chi connectivity index (χ1) is 8.76. The zero-order chi connectivity index (χ0) is 13.0. The minimum absolute atomic E-state index is 0.317. The fourth-order valence-corrected chi connectivity index (χ4v) is 1.82. The molecule has 1 aromatic carbocycles. The number of nitrogens with zero attached hydrogens (tertiary/aromatic N) is 1. The second kappa shape index (κ2) is 5.51. The van der Waals surface area contributed by atoms with Gasteiger partial charge in [0.1, 0.15) is 12.4 Å². The molecule has 0 atom stereocenters. The van der Waals surface area contributed by atoms with E-state index in [1.165, 1.54) is 7.11 Å². The van der Waals surface area contributed by atoms with Gasteiger partial charge in [0.05, 0.1) is 7.11 Å². The van der Waals surface area contributed by atoms with E-state index in [0.29, 0.717) is 12.4 Å². The Balaban J connectivity index is 2.42. The van der Waals surface area contributed by atoms with Crippen molar-refractivity contribution in [2.75, 3.05) is 14.2 Å². The van der Waals surface area contributed by atoms with Gasteiger partial charge in [-0.25, -0.2) is 4.79 Å². The first kappa shape index (κ1) is 12.4. The van der Waals surface area contributed by atoms with Crippen LogP contribution in [0.15, 0.2) is 42.6 Å². The summed E-state index contributed by atoms with van der Waals surface area (Å²) in [6.45, 7) is 0.317. The van der Waals surface area contributed by atoms with E-state index in [4.69, 9.17) is 9.47 Å². The van der Waals surface area contributed by atoms with E-state index < -0.39 is 0 Å². The molecule has 2 aromatic rings. The summed E-state index contributed by atoms with van der Waals surface area (Å²) in [5.74, 6) is -0.366. The SMILES string of the molecule is COCn1cc(-c2ccccc2)cc1C(=O)OC. The highest BCUT2D eigenvalue weighted by atomic mass is 16.5. The maximum Gasteiger partial charge on any atom is 0.354 e. The molecule has 0 spiro atoms. The number of esters is 1. The summed E-state index contributed by atoms with van der Waals surface area (Å²) in [7, 11) is 2.96. The molecule has 0 fully saturated rings. The summed E-state index contributed by atoms with van der Waals surface area (Å²) in [5, 5.41) is 0. The minimum atomic E-state index is -0.366. The molecule has 0 amide bonds. The van der Waals surface area contributed by atoms with Gasteiger partial charge in [0.25, 0.3) is 0 Å². The highest BCUT2D eigenvalue weighted by Crippen LogP contribution is 2.22. The van der Waals surface area contributed by atoms with Gasteiger partial charge in [-0.05, 0) is 11.6 Å². The molecule has 0 unspecified atom stereocenters. The molecule has 18 heavy (non-hydrogen) atoms. The molecule has 4 nitrogen and oxygen atoms in total. The summed E-state index contributed by atoms with van der Waals surface area (Å²) in [6.07, 6.45) is 1.88. The smallest absolute Gasteiger partial charge is 0.354 e. The van der Waals surface area contributed by atoms with Crippen molar-refractivity contribution in [2.45, 2.75) is 6.73 Å². The molecular formula is C14H15NO3. The van der Waals surface area contributed by atoms with E-state index in [1.807, 2.05) is 36.5 Å². The number of carbonyl (C=O) groups is 1. The Hall–Kier alpha value is -2.07. The Kier molecular flexibility index (Phi) is 3.79. The number of ether oxygens (including phenoxy) is 2. The van der Waals surface area contributed by atoms with Crippen molar-refractivity contribution < 1.29 is 14.3 Å². The number of methoxy groups -OCH3 is 2. The van der Waals surface area contributed by atoms with Crippen LogP contribution in [0.2, 0.25) is 0 Å². The van der Waals surface area contributed by atoms with Crippen LogP contribution < -0.4 is 0 Å². The number of carbonyl (C=O) groups excluding carboxylic acids is 1. The molecule has 0 saturated carbocycles. The largest absolute Gasteiger partial charge is 0.464 e. The van der Waals surface area contributed by atoms with Gasteiger partial charge in [-0.1, -0.05) is 30.3 Å². The summed E-state index contributed by atoms with van der Waals surface area (Å²) in [6, 6.07) is 11.7. The average Bonchev–Trinajstić information content (AvgIpc) is 2.83. The van der Waals surface area contributed by atoms with Crippen LogP contribution in [0.3, 0.4) is 0 Å². The Morgan fingerprint density at radius 1 is 1.17 bits per heavy atom. The first-order valence-corrected chi connectivity index (χ1v) is 5.59. The Morgan fingerprint density at radius 3 is 2.50 bits per heavy atom. The summed E-state index contributed by atoms with van der Waals surface area (Å²) >= 11 is 0. The predicted octanol–water partition coefficient (Wildman–Crippen LogP) is 2.55. The Labute approximate surface area is 106 Å². The lowest BCUT2D eigenvalue weighted by molar-refractivity contribution is 0.0567. The fraction of sp³-hybridized carbons (Fsp3) is 0.214. The summed E-state index contributed by atoms with van der Waals surface area (Å²) < 4.78 is 11.6. The molecular weight excluding hydrogens is 230 g/mol. The predicted molar refractivity (Wildman–Crippen MR) is 68.2 cm³/mol. The van der Waals surface area contributed by atoms with Crippen molar-refractivity contribution in [1.29, 1.82) is 0 Å². The lowest BCUT2D eigenvalue weighted by Crippen LogP contribution is -2.10. The van der Waals surface area contributed by atoms with Crippen LogP contribution in [0.5, 0.6) is 0 Å². The van der Waals surface area contributed by atoms with Gasteiger partial charge in [-0.2, -0.15) is 0 Å². The van der Waals surface area contributed by atoms with Gasteiger partial charge in [-0.3, -0.25) is 0 Å². The topological polar surface area (TPSA) is 40.5 Å². The molecule has 0 aliphatic rings. The molecule has 0 N–H and O–H groups in total. The summed E-state index contributed by atoms with van der Waals surface area (Å²) in [4.78, 5) is 11.7. The number of rotatable bonds is 4. The molecule has 0 radical (unpaired) electrons. The van der Waals surface area contributed by atoms with Gasteiger partial charge < -0.3 is 14.0 Å². The van der Waals surface area contributed by atoms with Crippen LogP contribution in [0.1, 0.15) is 10.5 Å². The summed E-state index contributed by atoms with van der Waals surface area (Å²) in [5.41, 5.74) is 2.50. The van der Waals surface area contributed by atoms with Crippen LogP contribution in [-0.2, 0) is 16.2 Å². The monoisotopic (exact) mass is 245 g/mol. The molecule has 4 heteroatoms. The van der Waals surface area contributed by atoms with Crippen LogP contribution in [-0.4, -0.2) is 24.8 Å². The van der Waals surface area contributed by atoms with Crippen LogP contribution in [0.25, 0.3) is 11.1 Å². The van der Waals surface area contributed by atoms with Crippen molar-refractivity contribution in [1.82, 2.24) is 4.57 Å². The zero-order valence-electron chi connectivity index (χ0n) is 10.4. The third-order valence-electron chi connectivity index (χ3n) is 2.67. The number of aromatic nitrogens is 1. The normalized spacial score (nSPS) is 10.3. The quantitative estimate of drug-likeness (QED) is 0.777. The lowest BCUT2D eigenvalue weighted by Gasteiger charge is -2.05. The molecule has 0 aliphatic heterocycles.